The topological polar surface area (TPSA) is 60.7 Å². The van der Waals surface area contributed by atoms with Crippen molar-refractivity contribution >= 4 is 78.4 Å². The molecule has 234 valence electrons. The van der Waals surface area contributed by atoms with Crippen LogP contribution in [-0.2, 0) is 9.53 Å². The van der Waals surface area contributed by atoms with Crippen LogP contribution < -0.4 is 5.11 Å². The van der Waals surface area contributed by atoms with Crippen LogP contribution in [0.5, 0.6) is 0 Å². The van der Waals surface area contributed by atoms with Gasteiger partial charge < -0.3 is 9.84 Å². The maximum Gasteiger partial charge on any atom is 0.362 e. The van der Waals surface area contributed by atoms with E-state index >= 15 is 0 Å². The number of rotatable bonds is 6. The minimum Gasteiger partial charge on any atom is -0.871 e. The number of benzene rings is 4. The molecule has 0 atom stereocenters. The molecule has 0 saturated carbocycles. The molecule has 1 aliphatic heterocycles. The molecule has 0 unspecified atom stereocenters. The second kappa shape index (κ2) is 13.6. The van der Waals surface area contributed by atoms with E-state index in [0.717, 1.165) is 20.1 Å². The van der Waals surface area contributed by atoms with Crippen molar-refractivity contribution in [2.45, 2.75) is 0 Å². The lowest BCUT2D eigenvalue weighted by atomic mass is 9.85. The molecular weight excluding hydrogens is 775 g/mol. The first-order valence-corrected chi connectivity index (χ1v) is 17.1. The molecule has 4 nitrogen and oxygen atoms in total. The molecule has 0 spiro atoms. The highest BCUT2D eigenvalue weighted by Crippen LogP contribution is 2.39. The summed E-state index contributed by atoms with van der Waals surface area (Å²) in [6.45, 7) is 0. The monoisotopic (exact) mass is 794 g/mol. The summed E-state index contributed by atoms with van der Waals surface area (Å²) >= 11 is 20.0. The number of Topliss-reactive ketones (excluding diaryl/α,β-unsaturated/α-hetero) is 1. The Kier molecular flexibility index (Phi) is 9.08. The SMILES string of the molecule is O=C1C(=Cc2cc(-c3ccc(Br)cc3)[o+]c(-c3ccccc3Cl)c2)C([O-])=C1C=C1C=C(c2ccc(Br)cc2)OC(c2ccccc2Cl)=C1. The van der Waals surface area contributed by atoms with Gasteiger partial charge >= 0.3 is 11.5 Å². The van der Waals surface area contributed by atoms with Crippen LogP contribution in [0.4, 0.5) is 0 Å². The van der Waals surface area contributed by atoms with Crippen LogP contribution in [0.2, 0.25) is 10.0 Å². The lowest BCUT2D eigenvalue weighted by molar-refractivity contribution is -0.300. The van der Waals surface area contributed by atoms with Crippen molar-refractivity contribution in [2.24, 2.45) is 0 Å². The number of allylic oxidation sites excluding steroid dienone is 6. The van der Waals surface area contributed by atoms with Gasteiger partial charge in [-0.05, 0) is 96.1 Å². The fourth-order valence-electron chi connectivity index (χ4n) is 5.34. The second-order valence-corrected chi connectivity index (χ2v) is 13.6. The molecule has 0 bridgehead atoms. The van der Waals surface area contributed by atoms with Crippen LogP contribution in [0.1, 0.15) is 16.7 Å². The van der Waals surface area contributed by atoms with Gasteiger partial charge in [0.05, 0.1) is 33.3 Å². The summed E-state index contributed by atoms with van der Waals surface area (Å²) in [7, 11) is 0. The summed E-state index contributed by atoms with van der Waals surface area (Å²) in [5.74, 6) is 1.42. The molecule has 8 heteroatoms. The average molecular weight is 797 g/mol. The van der Waals surface area contributed by atoms with E-state index in [1.54, 1.807) is 48.6 Å². The van der Waals surface area contributed by atoms with E-state index < -0.39 is 0 Å². The number of carbonyl (C=O) groups excluding carboxylic acids is 1. The van der Waals surface area contributed by atoms with Gasteiger partial charge in [0.1, 0.15) is 11.5 Å². The zero-order chi connectivity index (χ0) is 33.4. The third-order valence-corrected chi connectivity index (χ3v) is 9.48. The van der Waals surface area contributed by atoms with Gasteiger partial charge in [-0.1, -0.05) is 97.2 Å². The van der Waals surface area contributed by atoms with E-state index in [1.807, 2.05) is 84.9 Å². The highest BCUT2D eigenvalue weighted by Gasteiger charge is 2.28. The Balaban J connectivity index is 1.29. The third-order valence-electron chi connectivity index (χ3n) is 7.77. The second-order valence-electron chi connectivity index (χ2n) is 11.0. The van der Waals surface area contributed by atoms with Crippen molar-refractivity contribution in [3.05, 3.63) is 186 Å². The van der Waals surface area contributed by atoms with Gasteiger partial charge in [0.15, 0.2) is 5.78 Å². The minimum atomic E-state index is -0.351. The first kappa shape index (κ1) is 32.1. The van der Waals surface area contributed by atoms with Gasteiger partial charge in [0.25, 0.3) is 0 Å². The molecule has 5 aromatic rings. The summed E-state index contributed by atoms with van der Waals surface area (Å²) < 4.78 is 14.4. The van der Waals surface area contributed by atoms with Gasteiger partial charge in [0, 0.05) is 31.2 Å². The predicted octanol–water partition coefficient (Wildman–Crippen LogP) is 11.3. The summed E-state index contributed by atoms with van der Waals surface area (Å²) in [4.78, 5) is 13.5. The van der Waals surface area contributed by atoms with Gasteiger partial charge in [-0.2, -0.15) is 0 Å². The maximum absolute atomic E-state index is 13.5. The van der Waals surface area contributed by atoms with Gasteiger partial charge in [-0.3, -0.25) is 4.79 Å². The van der Waals surface area contributed by atoms with Crippen molar-refractivity contribution in [1.82, 2.24) is 0 Å². The number of ether oxygens (including phenoxy) is 1. The van der Waals surface area contributed by atoms with E-state index in [1.165, 1.54) is 0 Å². The lowest BCUT2D eigenvalue weighted by Crippen LogP contribution is -2.29. The minimum absolute atomic E-state index is 0.0828. The standard InChI is InChI=1S/C40H22Br2Cl2O4/c41-27-13-9-25(10-14-27)35-19-23(21-37(47-35)29-5-1-3-7-33(29)43)17-31-39(45)32(40(31)46)18-24-20-36(26-11-15-28(42)16-12-26)48-38(22-24)30-6-2-4-8-34(30)44/h1-22H. The number of ketones is 1. The Morgan fingerprint density at radius 3 is 1.85 bits per heavy atom. The molecule has 2 heterocycles. The molecular formula is C40H22Br2Cl2O4. The third kappa shape index (κ3) is 6.62. The molecule has 0 saturated heterocycles. The predicted molar refractivity (Wildman–Crippen MR) is 197 cm³/mol. The highest BCUT2D eigenvalue weighted by molar-refractivity contribution is 9.10. The molecule has 1 aromatic heterocycles. The largest absolute Gasteiger partial charge is 0.871 e. The van der Waals surface area contributed by atoms with E-state index in [2.05, 4.69) is 31.9 Å². The molecule has 0 fully saturated rings. The number of carbonyl (C=O) groups is 1. The van der Waals surface area contributed by atoms with Crippen LogP contribution in [0.3, 0.4) is 0 Å². The fraction of sp³-hybridized carbons (Fsp3) is 0. The zero-order valence-electron chi connectivity index (χ0n) is 24.8. The number of hydrogen-bond acceptors (Lipinski definition) is 3. The Hall–Kier alpha value is -4.46. The molecule has 1 aliphatic carbocycles. The van der Waals surface area contributed by atoms with E-state index in [4.69, 9.17) is 32.4 Å². The van der Waals surface area contributed by atoms with Crippen LogP contribution in [0.25, 0.3) is 40.2 Å². The Labute approximate surface area is 303 Å². The van der Waals surface area contributed by atoms with Crippen molar-refractivity contribution < 1.29 is 19.1 Å². The smallest absolute Gasteiger partial charge is 0.362 e. The van der Waals surface area contributed by atoms with Crippen LogP contribution >= 0.6 is 55.1 Å². The highest BCUT2D eigenvalue weighted by atomic mass is 79.9. The van der Waals surface area contributed by atoms with Crippen LogP contribution in [-0.4, -0.2) is 5.78 Å². The quantitative estimate of drug-likeness (QED) is 0.127. The Bertz CT molecular complexity index is 2260. The number of hydrogen-bond donors (Lipinski definition) is 0. The lowest BCUT2D eigenvalue weighted by Gasteiger charge is -2.29. The maximum atomic E-state index is 13.5. The summed E-state index contributed by atoms with van der Waals surface area (Å²) in [5.41, 5.74) is 4.44. The van der Waals surface area contributed by atoms with Crippen LogP contribution in [0.15, 0.2) is 163 Å². The summed E-state index contributed by atoms with van der Waals surface area (Å²) in [6.07, 6.45) is 6.78. The number of halogens is 4. The normalized spacial score (nSPS) is 16.0. The fourth-order valence-corrected chi connectivity index (χ4v) is 6.33. The first-order chi connectivity index (χ1) is 23.2. The molecule has 48 heavy (non-hydrogen) atoms. The van der Waals surface area contributed by atoms with Crippen molar-refractivity contribution in [1.29, 1.82) is 0 Å². The van der Waals surface area contributed by atoms with E-state index in [0.29, 0.717) is 55.3 Å². The summed E-state index contributed by atoms with van der Waals surface area (Å²) in [6, 6.07) is 33.6. The van der Waals surface area contributed by atoms with Gasteiger partial charge in [0.2, 0.25) is 0 Å². The molecule has 0 radical (unpaired) electrons. The van der Waals surface area contributed by atoms with Crippen molar-refractivity contribution in [3.8, 4) is 22.6 Å². The first-order valence-electron chi connectivity index (χ1n) is 14.7. The molecule has 4 aromatic carbocycles. The van der Waals surface area contributed by atoms with Gasteiger partial charge in [-0.25, -0.2) is 4.42 Å². The van der Waals surface area contributed by atoms with Crippen molar-refractivity contribution in [2.75, 3.05) is 0 Å². The van der Waals surface area contributed by atoms with Gasteiger partial charge in [-0.15, -0.1) is 0 Å². The molecule has 2 aliphatic rings. The van der Waals surface area contributed by atoms with Crippen molar-refractivity contribution in [3.63, 3.8) is 0 Å². The van der Waals surface area contributed by atoms with E-state index in [-0.39, 0.29) is 22.7 Å². The molecule has 7 rings (SSSR count). The molecule has 0 amide bonds. The zero-order valence-corrected chi connectivity index (χ0v) is 29.5. The van der Waals surface area contributed by atoms with E-state index in [9.17, 15) is 9.90 Å². The van der Waals surface area contributed by atoms with Crippen LogP contribution in [0, 0.1) is 0 Å². The summed E-state index contributed by atoms with van der Waals surface area (Å²) in [5, 5.41) is 14.6. The molecule has 0 N–H and O–H groups in total. The average Bonchev–Trinajstić information content (AvgIpc) is 3.10. The Morgan fingerprint density at radius 1 is 0.667 bits per heavy atom. The Morgan fingerprint density at radius 2 is 1.23 bits per heavy atom.